The fourth-order valence-corrected chi connectivity index (χ4v) is 3.34. The Kier molecular flexibility index (Phi) is 9.48. The van der Waals surface area contributed by atoms with Gasteiger partial charge in [-0.1, -0.05) is 85.3 Å². The van der Waals surface area contributed by atoms with Gasteiger partial charge < -0.3 is 10.2 Å². The lowest BCUT2D eigenvalue weighted by molar-refractivity contribution is 0.116. The molecule has 0 radical (unpaired) electrons. The normalized spacial score (nSPS) is 22.7. The maximum atomic E-state index is 9.99. The van der Waals surface area contributed by atoms with Crippen molar-refractivity contribution < 1.29 is 10.2 Å². The van der Waals surface area contributed by atoms with Gasteiger partial charge in [0.05, 0.1) is 12.7 Å². The molecule has 1 atom stereocenters. The van der Waals surface area contributed by atoms with Crippen LogP contribution >= 0.6 is 0 Å². The Morgan fingerprint density at radius 2 is 1.59 bits per heavy atom. The van der Waals surface area contributed by atoms with Crippen LogP contribution in [-0.4, -0.2) is 22.9 Å². The molecule has 1 aliphatic rings. The topological polar surface area (TPSA) is 40.5 Å². The largest absolute Gasteiger partial charge is 0.393 e. The minimum absolute atomic E-state index is 0.0167. The van der Waals surface area contributed by atoms with Crippen molar-refractivity contribution in [1.82, 2.24) is 0 Å². The van der Waals surface area contributed by atoms with Gasteiger partial charge in [-0.2, -0.15) is 0 Å². The van der Waals surface area contributed by atoms with E-state index in [1.54, 1.807) is 0 Å². The van der Waals surface area contributed by atoms with Crippen LogP contribution in [0.2, 0.25) is 0 Å². The molecular weight excluding hydrogens is 332 g/mol. The van der Waals surface area contributed by atoms with Gasteiger partial charge in [0.1, 0.15) is 0 Å². The van der Waals surface area contributed by atoms with Crippen molar-refractivity contribution in [2.45, 2.75) is 60.5 Å². The van der Waals surface area contributed by atoms with Crippen molar-refractivity contribution in [2.75, 3.05) is 6.61 Å². The molecule has 0 aliphatic heterocycles. The Morgan fingerprint density at radius 3 is 2.22 bits per heavy atom. The second-order valence-corrected chi connectivity index (χ2v) is 8.21. The summed E-state index contributed by atoms with van der Waals surface area (Å²) in [6.07, 6.45) is 19.8. The van der Waals surface area contributed by atoms with Crippen LogP contribution in [-0.2, 0) is 0 Å². The summed E-state index contributed by atoms with van der Waals surface area (Å²) in [5.74, 6) is 0. The van der Waals surface area contributed by atoms with Gasteiger partial charge in [-0.05, 0) is 57.1 Å². The molecule has 2 heteroatoms. The zero-order valence-corrected chi connectivity index (χ0v) is 17.8. The van der Waals surface area contributed by atoms with E-state index < -0.39 is 0 Å². The van der Waals surface area contributed by atoms with Crippen molar-refractivity contribution in [3.05, 3.63) is 82.5 Å². The quantitative estimate of drug-likeness (QED) is 0.542. The van der Waals surface area contributed by atoms with Crippen LogP contribution in [0.5, 0.6) is 0 Å². The van der Waals surface area contributed by atoms with Gasteiger partial charge in [0.2, 0.25) is 0 Å². The summed E-state index contributed by atoms with van der Waals surface area (Å²) in [4.78, 5) is 0. The van der Waals surface area contributed by atoms with Crippen molar-refractivity contribution in [3.63, 3.8) is 0 Å². The molecule has 0 unspecified atom stereocenters. The van der Waals surface area contributed by atoms with E-state index in [9.17, 15) is 5.11 Å². The highest BCUT2D eigenvalue weighted by molar-refractivity contribution is 5.37. The van der Waals surface area contributed by atoms with E-state index in [-0.39, 0.29) is 18.1 Å². The number of rotatable bonds is 7. The van der Waals surface area contributed by atoms with Crippen LogP contribution < -0.4 is 0 Å². The Balaban J connectivity index is 2.73. The van der Waals surface area contributed by atoms with Crippen molar-refractivity contribution in [3.8, 4) is 0 Å². The molecule has 2 N–H and O–H groups in total. The second kappa shape index (κ2) is 11.1. The second-order valence-electron chi connectivity index (χ2n) is 8.21. The number of allylic oxidation sites excluding steroid dienone is 12. The van der Waals surface area contributed by atoms with Gasteiger partial charge in [-0.15, -0.1) is 0 Å². The maximum Gasteiger partial charge on any atom is 0.0642 e. The molecule has 1 rings (SSSR count). The lowest BCUT2D eigenvalue weighted by atomic mass is 9.71. The summed E-state index contributed by atoms with van der Waals surface area (Å²) in [5, 5.41) is 18.9. The van der Waals surface area contributed by atoms with Crippen LogP contribution in [0.25, 0.3) is 0 Å². The Morgan fingerprint density at radius 1 is 1.00 bits per heavy atom. The van der Waals surface area contributed by atoms with Crippen molar-refractivity contribution in [1.29, 1.82) is 0 Å². The van der Waals surface area contributed by atoms with Gasteiger partial charge in [0, 0.05) is 0 Å². The lowest BCUT2D eigenvalue weighted by Crippen LogP contribution is -2.28. The van der Waals surface area contributed by atoms with Crippen LogP contribution in [0, 0.1) is 5.41 Å². The molecule has 0 amide bonds. The third-order valence-corrected chi connectivity index (χ3v) is 4.81. The van der Waals surface area contributed by atoms with Crippen LogP contribution in [0.1, 0.15) is 54.4 Å². The molecule has 0 spiro atoms. The van der Waals surface area contributed by atoms with E-state index in [0.717, 1.165) is 24.0 Å². The smallest absolute Gasteiger partial charge is 0.0642 e. The van der Waals surface area contributed by atoms with E-state index in [2.05, 4.69) is 65.0 Å². The van der Waals surface area contributed by atoms with Crippen LogP contribution in [0.3, 0.4) is 0 Å². The minimum atomic E-state index is -0.219. The molecule has 0 aromatic carbocycles. The average Bonchev–Trinajstić information content (AvgIpc) is 2.56. The van der Waals surface area contributed by atoms with E-state index in [4.69, 9.17) is 5.11 Å². The molecule has 2 nitrogen and oxygen atoms in total. The summed E-state index contributed by atoms with van der Waals surface area (Å²) < 4.78 is 0. The average molecular weight is 369 g/mol. The predicted octanol–water partition coefficient (Wildman–Crippen LogP) is 5.98. The molecule has 0 aromatic rings. The number of aliphatic hydroxyl groups is 2. The Hall–Kier alpha value is -1.90. The van der Waals surface area contributed by atoms with Gasteiger partial charge in [0.25, 0.3) is 0 Å². The van der Waals surface area contributed by atoms with Gasteiger partial charge in [-0.25, -0.2) is 0 Å². The minimum Gasteiger partial charge on any atom is -0.393 e. The molecule has 148 valence electrons. The molecular formula is C25H36O2. The third-order valence-electron chi connectivity index (χ3n) is 4.81. The van der Waals surface area contributed by atoms with E-state index >= 15 is 0 Å². The van der Waals surface area contributed by atoms with E-state index in [0.29, 0.717) is 0 Å². The molecule has 27 heavy (non-hydrogen) atoms. The molecule has 0 saturated carbocycles. The monoisotopic (exact) mass is 368 g/mol. The summed E-state index contributed by atoms with van der Waals surface area (Å²) in [6.45, 7) is 12.7. The Bertz CT molecular complexity index is 707. The molecule has 0 heterocycles. The lowest BCUT2D eigenvalue weighted by Gasteiger charge is -2.35. The number of aliphatic hydroxyl groups excluding tert-OH is 2. The number of hydrogen-bond acceptors (Lipinski definition) is 2. The highest BCUT2D eigenvalue weighted by atomic mass is 16.3. The molecule has 0 saturated heterocycles. The highest BCUT2D eigenvalue weighted by Gasteiger charge is 2.31. The van der Waals surface area contributed by atoms with Gasteiger partial charge in [0.15, 0.2) is 0 Å². The highest BCUT2D eigenvalue weighted by Crippen LogP contribution is 2.40. The van der Waals surface area contributed by atoms with Crippen molar-refractivity contribution in [2.24, 2.45) is 5.41 Å². The standard InChI is InChI=1S/C25H36O2/c1-19(10-7-8-11-21(3)18-26)12-9-13-20(2)14-15-24-22(4)16-23(27)17-25(24,5)6/h7-15,23,26-27H,16-18H2,1-6H3/b8-7+,12-9+,15-14+,19-10+,20-13+,21-11+/t23-/m0/s1. The first-order valence-electron chi connectivity index (χ1n) is 9.68. The fraction of sp³-hybridized carbons (Fsp3) is 0.440. The van der Waals surface area contributed by atoms with Gasteiger partial charge in [-0.3, -0.25) is 0 Å². The summed E-state index contributed by atoms with van der Waals surface area (Å²) >= 11 is 0. The number of hydrogen-bond donors (Lipinski definition) is 2. The van der Waals surface area contributed by atoms with Crippen molar-refractivity contribution >= 4 is 0 Å². The molecule has 0 fully saturated rings. The first-order chi connectivity index (χ1) is 12.7. The molecule has 1 aliphatic carbocycles. The third kappa shape index (κ3) is 8.55. The summed E-state index contributed by atoms with van der Waals surface area (Å²) in [6, 6.07) is 0. The predicted molar refractivity (Wildman–Crippen MR) is 117 cm³/mol. The summed E-state index contributed by atoms with van der Waals surface area (Å²) in [7, 11) is 0. The van der Waals surface area contributed by atoms with E-state index in [1.165, 1.54) is 16.7 Å². The Labute approximate surface area is 165 Å². The SMILES string of the molecule is CC1=C(/C=C/C(C)=C/C=C/C(C)=C/C=C/C=C(\C)CO)C(C)(C)C[C@@H](O)C1. The van der Waals surface area contributed by atoms with Crippen LogP contribution in [0.4, 0.5) is 0 Å². The molecule has 0 bridgehead atoms. The van der Waals surface area contributed by atoms with Gasteiger partial charge >= 0.3 is 0 Å². The summed E-state index contributed by atoms with van der Waals surface area (Å²) in [5.41, 5.74) is 5.95. The maximum absolute atomic E-state index is 9.99. The zero-order valence-electron chi connectivity index (χ0n) is 17.8. The first kappa shape index (κ1) is 23.1. The van der Waals surface area contributed by atoms with Crippen LogP contribution in [0.15, 0.2) is 82.5 Å². The first-order valence-corrected chi connectivity index (χ1v) is 9.68. The zero-order chi connectivity index (χ0) is 20.4. The fourth-order valence-electron chi connectivity index (χ4n) is 3.34. The van der Waals surface area contributed by atoms with E-state index in [1.807, 2.05) is 31.2 Å². The molecule has 0 aromatic heterocycles.